The molecule has 0 bridgehead atoms. The summed E-state index contributed by atoms with van der Waals surface area (Å²) >= 11 is 0. The van der Waals surface area contributed by atoms with Gasteiger partial charge in [0, 0.05) is 22.7 Å². The molecule has 14 heavy (non-hydrogen) atoms. The van der Waals surface area contributed by atoms with Crippen LogP contribution in [0.25, 0.3) is 0 Å². The van der Waals surface area contributed by atoms with Crippen molar-refractivity contribution in [3.8, 4) is 0 Å². The minimum Gasteiger partial charge on any atom is -0.480 e. The van der Waals surface area contributed by atoms with E-state index in [1.807, 2.05) is 0 Å². The Hall–Kier alpha value is -1.26. The van der Waals surface area contributed by atoms with E-state index in [0.29, 0.717) is 0 Å². The second kappa shape index (κ2) is 4.30. The van der Waals surface area contributed by atoms with Crippen molar-refractivity contribution in [3.63, 3.8) is 0 Å². The highest BCUT2D eigenvalue weighted by Crippen LogP contribution is 2.13. The van der Waals surface area contributed by atoms with E-state index in [9.17, 15) is 14.7 Å². The second-order valence-electron chi connectivity index (χ2n) is 2.77. The second-order valence-corrected chi connectivity index (χ2v) is 2.77. The molecule has 1 aliphatic heterocycles. The fraction of sp³-hybridized carbons (Fsp3) is 0.778. The van der Waals surface area contributed by atoms with E-state index in [4.69, 9.17) is 11.0 Å². The first kappa shape index (κ1) is 4.08. The zero-order valence-corrected chi connectivity index (χ0v) is 7.33. The van der Waals surface area contributed by atoms with Gasteiger partial charge in [0.15, 0.2) is 0 Å². The van der Waals surface area contributed by atoms with Gasteiger partial charge in [0.1, 0.15) is 6.02 Å². The Balaban J connectivity index is 3.62. The zero-order valence-electron chi connectivity index (χ0n) is 15.3. The van der Waals surface area contributed by atoms with Crippen LogP contribution in [0.4, 0.5) is 4.79 Å². The van der Waals surface area contributed by atoms with Gasteiger partial charge in [-0.05, 0) is 12.3 Å². The lowest BCUT2D eigenvalue weighted by atomic mass is 10.0. The summed E-state index contributed by atoms with van der Waals surface area (Å²) < 4.78 is 59.9. The number of amides is 2. The van der Waals surface area contributed by atoms with Crippen molar-refractivity contribution in [3.05, 3.63) is 0 Å². The maximum atomic E-state index is 11.8. The molecule has 0 spiro atoms. The van der Waals surface area contributed by atoms with Crippen molar-refractivity contribution >= 4 is 12.0 Å². The molecule has 5 nitrogen and oxygen atoms in total. The van der Waals surface area contributed by atoms with Crippen molar-refractivity contribution in [2.75, 3.05) is 13.1 Å². The largest absolute Gasteiger partial charge is 0.480 e. The maximum absolute atomic E-state index is 11.8. The molecule has 0 aromatic carbocycles. The first-order valence-corrected chi connectivity index (χ1v) is 4.00. The number of aliphatic carboxylic acids is 1. The molecule has 1 rings (SSSR count). The summed E-state index contributed by atoms with van der Waals surface area (Å²) in [5, 5.41) is 11.6. The highest BCUT2D eigenvalue weighted by Gasteiger charge is 2.33. The SMILES string of the molecule is [2H]C([2H])([2H])C([2H])(C([2H])([2H])[2H])[C@]([2H])(C(=O)O)N1CCCNC1=O. The number of nitrogens with zero attached hydrogens (tertiary/aromatic N) is 1. The summed E-state index contributed by atoms with van der Waals surface area (Å²) in [5.74, 6) is -5.92. The lowest BCUT2D eigenvalue weighted by molar-refractivity contribution is -0.144. The minimum absolute atomic E-state index is 0.178. The number of urea groups is 1. The number of carboxylic acids is 1. The van der Waals surface area contributed by atoms with Crippen molar-refractivity contribution in [2.45, 2.75) is 26.1 Å². The molecule has 1 atom stereocenters. The summed E-state index contributed by atoms with van der Waals surface area (Å²) in [6.45, 7) is -7.45. The first-order valence-electron chi connectivity index (χ1n) is 8.00. The monoisotopic (exact) mass is 208 g/mol. The summed E-state index contributed by atoms with van der Waals surface area (Å²) in [5.41, 5.74) is 0. The summed E-state index contributed by atoms with van der Waals surface area (Å²) in [4.78, 5) is 23.7. The van der Waals surface area contributed by atoms with E-state index < -0.39 is 37.6 Å². The molecule has 1 fully saturated rings. The minimum atomic E-state index is -3.73. The number of hydrogen-bond donors (Lipinski definition) is 2. The molecule has 1 aliphatic rings. The molecular formula is C9H16N2O3. The van der Waals surface area contributed by atoms with Crippen LogP contribution in [-0.4, -0.2) is 41.1 Å². The molecule has 0 saturated carbocycles. The average molecular weight is 208 g/mol. The Bertz CT molecular complexity index is 462. The smallest absolute Gasteiger partial charge is 0.326 e. The van der Waals surface area contributed by atoms with Gasteiger partial charge in [-0.15, -0.1) is 0 Å². The highest BCUT2D eigenvalue weighted by molar-refractivity contribution is 5.83. The van der Waals surface area contributed by atoms with E-state index in [-0.39, 0.29) is 24.4 Å². The van der Waals surface area contributed by atoms with Gasteiger partial charge in [-0.3, -0.25) is 0 Å². The topological polar surface area (TPSA) is 69.6 Å². The molecule has 0 aliphatic carbocycles. The van der Waals surface area contributed by atoms with Crippen LogP contribution < -0.4 is 5.32 Å². The van der Waals surface area contributed by atoms with Crippen LogP contribution in [0.2, 0.25) is 0 Å². The molecule has 0 radical (unpaired) electrons. The number of hydrogen-bond acceptors (Lipinski definition) is 2. The fourth-order valence-electron chi connectivity index (χ4n) is 1.20. The quantitative estimate of drug-likeness (QED) is 0.710. The van der Waals surface area contributed by atoms with Crippen molar-refractivity contribution in [1.82, 2.24) is 10.2 Å². The predicted molar refractivity (Wildman–Crippen MR) is 51.0 cm³/mol. The number of carbonyl (C=O) groups is 2. The van der Waals surface area contributed by atoms with Gasteiger partial charge in [-0.2, -0.15) is 0 Å². The number of rotatable bonds is 3. The number of carbonyl (C=O) groups excluding carboxylic acids is 1. The van der Waals surface area contributed by atoms with Crippen LogP contribution >= 0.6 is 0 Å². The molecule has 2 N–H and O–H groups in total. The highest BCUT2D eigenvalue weighted by atomic mass is 16.4. The van der Waals surface area contributed by atoms with Crippen LogP contribution in [-0.2, 0) is 4.79 Å². The van der Waals surface area contributed by atoms with Gasteiger partial charge in [-0.25, -0.2) is 9.59 Å². The average Bonchev–Trinajstić information content (AvgIpc) is 2.34. The van der Waals surface area contributed by atoms with Gasteiger partial charge < -0.3 is 15.3 Å². The molecule has 0 unspecified atom stereocenters. The molecule has 1 heterocycles. The first-order chi connectivity index (χ1) is 9.71. The Morgan fingerprint density at radius 3 is 3.00 bits per heavy atom. The maximum Gasteiger partial charge on any atom is 0.326 e. The molecule has 0 aromatic rings. The van der Waals surface area contributed by atoms with E-state index >= 15 is 0 Å². The third-order valence-electron chi connectivity index (χ3n) is 1.79. The van der Waals surface area contributed by atoms with E-state index in [1.165, 1.54) is 0 Å². The summed E-state index contributed by atoms with van der Waals surface area (Å²) in [6.07, 6.45) is 0.192. The van der Waals surface area contributed by atoms with E-state index in [2.05, 4.69) is 5.32 Å². The Kier molecular flexibility index (Phi) is 1.25. The molecule has 5 heteroatoms. The van der Waals surface area contributed by atoms with Gasteiger partial charge in [-0.1, -0.05) is 13.7 Å². The van der Waals surface area contributed by atoms with Crippen LogP contribution in [0.15, 0.2) is 0 Å². The Morgan fingerprint density at radius 2 is 2.50 bits per heavy atom. The molecular weight excluding hydrogens is 184 g/mol. The van der Waals surface area contributed by atoms with Gasteiger partial charge in [0.05, 0.1) is 1.37 Å². The molecule has 0 aromatic heterocycles. The summed E-state index contributed by atoms with van der Waals surface area (Å²) in [7, 11) is 0. The Morgan fingerprint density at radius 1 is 1.79 bits per heavy atom. The normalized spacial score (nSPS) is 32.6. The van der Waals surface area contributed by atoms with Gasteiger partial charge in [0.2, 0.25) is 0 Å². The third kappa shape index (κ3) is 2.16. The number of carboxylic acid groups (broad SMARTS) is 1. The number of nitrogens with one attached hydrogen (secondary N) is 1. The van der Waals surface area contributed by atoms with Crippen molar-refractivity contribution < 1.29 is 25.7 Å². The van der Waals surface area contributed by atoms with Gasteiger partial charge >= 0.3 is 12.0 Å². The standard InChI is InChI=1S/C9H16N2O3/c1-6(2)7(8(12)13)11-5-3-4-10-9(11)14/h6-7H,3-5H2,1-2H3,(H,10,14)(H,12,13)/t7-/m1/s1/i1D3,2D3,6D,7D. The predicted octanol–water partition coefficient (Wildman–Crippen LogP) is 0.511. The van der Waals surface area contributed by atoms with E-state index in [1.54, 1.807) is 0 Å². The third-order valence-corrected chi connectivity index (χ3v) is 1.79. The van der Waals surface area contributed by atoms with Crippen LogP contribution in [0.3, 0.4) is 0 Å². The lowest BCUT2D eigenvalue weighted by Crippen LogP contribution is -2.55. The zero-order chi connectivity index (χ0) is 17.6. The molecule has 1 saturated heterocycles. The van der Waals surface area contributed by atoms with Crippen LogP contribution in [0.5, 0.6) is 0 Å². The lowest BCUT2D eigenvalue weighted by Gasteiger charge is -2.34. The Labute approximate surface area is 94.3 Å². The summed E-state index contributed by atoms with van der Waals surface area (Å²) in [6, 6.07) is -4.60. The van der Waals surface area contributed by atoms with Crippen molar-refractivity contribution in [1.29, 1.82) is 0 Å². The fourth-order valence-corrected chi connectivity index (χ4v) is 1.20. The molecule has 2 amide bonds. The van der Waals surface area contributed by atoms with Crippen molar-refractivity contribution in [2.24, 2.45) is 5.89 Å². The van der Waals surface area contributed by atoms with Crippen LogP contribution in [0, 0.1) is 5.89 Å². The van der Waals surface area contributed by atoms with E-state index in [0.717, 1.165) is 0 Å². The van der Waals surface area contributed by atoms with Gasteiger partial charge in [0.25, 0.3) is 0 Å². The van der Waals surface area contributed by atoms with Crippen LogP contribution in [0.1, 0.15) is 31.1 Å². The molecule has 80 valence electrons.